The first-order valence-electron chi connectivity index (χ1n) is 8.07. The lowest BCUT2D eigenvalue weighted by Crippen LogP contribution is -2.32. The third-order valence-electron chi connectivity index (χ3n) is 4.51. The van der Waals surface area contributed by atoms with Crippen LogP contribution in [0.15, 0.2) is 52.2 Å². The van der Waals surface area contributed by atoms with Crippen molar-refractivity contribution < 1.29 is 4.74 Å². The number of nitrogens with one attached hydrogen (secondary N) is 1. The molecular formula is C19H15N3O3. The number of nitriles is 1. The molecule has 4 rings (SSSR count). The molecule has 25 heavy (non-hydrogen) atoms. The number of H-pyrrole nitrogens is 1. The van der Waals surface area contributed by atoms with Gasteiger partial charge in [0.1, 0.15) is 23.5 Å². The molecule has 0 unspecified atom stereocenters. The van der Waals surface area contributed by atoms with Crippen LogP contribution in [0, 0.1) is 11.3 Å². The van der Waals surface area contributed by atoms with Crippen LogP contribution in [0.5, 0.6) is 5.75 Å². The van der Waals surface area contributed by atoms with Gasteiger partial charge >= 0.3 is 0 Å². The molecule has 0 saturated heterocycles. The maximum atomic E-state index is 12.7. The number of aromatic nitrogens is 2. The van der Waals surface area contributed by atoms with E-state index in [-0.39, 0.29) is 17.2 Å². The van der Waals surface area contributed by atoms with Gasteiger partial charge < -0.3 is 14.3 Å². The third-order valence-corrected chi connectivity index (χ3v) is 4.51. The summed E-state index contributed by atoms with van der Waals surface area (Å²) in [5.74, 6) is 0.865. The lowest BCUT2D eigenvalue weighted by atomic mass is 10.0. The Hall–Kier alpha value is -3.33. The van der Waals surface area contributed by atoms with Crippen molar-refractivity contribution in [3.63, 3.8) is 0 Å². The minimum atomic E-state index is -0.487. The number of nitrogens with zero attached hydrogens (tertiary/aromatic N) is 2. The lowest BCUT2D eigenvalue weighted by Gasteiger charge is -2.26. The van der Waals surface area contributed by atoms with E-state index in [1.54, 1.807) is 16.8 Å². The summed E-state index contributed by atoms with van der Waals surface area (Å²) in [5.41, 5.74) is 0.818. The van der Waals surface area contributed by atoms with Crippen molar-refractivity contribution in [3.8, 4) is 11.8 Å². The van der Waals surface area contributed by atoms with Gasteiger partial charge in [-0.15, -0.1) is 0 Å². The second kappa shape index (κ2) is 5.95. The van der Waals surface area contributed by atoms with Crippen molar-refractivity contribution in [1.29, 1.82) is 5.26 Å². The van der Waals surface area contributed by atoms with E-state index in [9.17, 15) is 9.59 Å². The maximum Gasteiger partial charge on any atom is 0.266 e. The summed E-state index contributed by atoms with van der Waals surface area (Å²) in [6.45, 7) is 0.421. The highest BCUT2D eigenvalue weighted by Gasteiger charge is 2.20. The number of pyridine rings is 2. The van der Waals surface area contributed by atoms with Crippen LogP contribution in [0.1, 0.15) is 17.5 Å². The fraction of sp³-hybridized carbons (Fsp3) is 0.211. The first kappa shape index (κ1) is 15.2. The molecule has 6 heteroatoms. The molecule has 0 bridgehead atoms. The average molecular weight is 333 g/mol. The van der Waals surface area contributed by atoms with Crippen molar-refractivity contribution in [2.75, 3.05) is 0 Å². The summed E-state index contributed by atoms with van der Waals surface area (Å²) in [6, 6.07) is 12.7. The molecule has 1 atom stereocenters. The van der Waals surface area contributed by atoms with Crippen LogP contribution in [0.25, 0.3) is 10.9 Å². The Morgan fingerprint density at radius 2 is 2.12 bits per heavy atom. The molecule has 0 aliphatic carbocycles. The number of para-hydroxylation sites is 1. The van der Waals surface area contributed by atoms with Gasteiger partial charge in [-0.3, -0.25) is 9.59 Å². The molecule has 1 N–H and O–H groups in total. The predicted molar refractivity (Wildman–Crippen MR) is 92.7 cm³/mol. The Morgan fingerprint density at radius 1 is 1.28 bits per heavy atom. The predicted octanol–water partition coefficient (Wildman–Crippen LogP) is 1.96. The monoisotopic (exact) mass is 333 g/mol. The minimum Gasteiger partial charge on any atom is -0.488 e. The fourth-order valence-electron chi connectivity index (χ4n) is 3.19. The topological polar surface area (TPSA) is 87.9 Å². The molecule has 1 aliphatic heterocycles. The molecule has 0 saturated carbocycles. The quantitative estimate of drug-likeness (QED) is 0.776. The number of hydrogen-bond acceptors (Lipinski definition) is 4. The number of fused-ring (bicyclic) bond motifs is 2. The van der Waals surface area contributed by atoms with Crippen molar-refractivity contribution >= 4 is 10.9 Å². The van der Waals surface area contributed by atoms with Crippen molar-refractivity contribution in [2.45, 2.75) is 25.5 Å². The van der Waals surface area contributed by atoms with E-state index in [4.69, 9.17) is 10.00 Å². The molecule has 0 amide bonds. The van der Waals surface area contributed by atoms with E-state index in [1.165, 1.54) is 11.6 Å². The Morgan fingerprint density at radius 3 is 2.96 bits per heavy atom. The number of rotatable bonds is 2. The van der Waals surface area contributed by atoms with Crippen LogP contribution in [0.4, 0.5) is 0 Å². The standard InChI is InChI=1S/C19H15N3O3/c20-10-13-9-15-16(21-18(13)23)7-8-22(19(15)24)11-14-6-5-12-3-1-2-4-17(12)25-14/h1-4,7-9,14H,5-6,11H2,(H,21,23)/t14-/m1/s1. The molecule has 0 radical (unpaired) electrons. The minimum absolute atomic E-state index is 0.0646. The second-order valence-electron chi connectivity index (χ2n) is 6.11. The van der Waals surface area contributed by atoms with E-state index < -0.39 is 5.56 Å². The molecule has 2 aromatic heterocycles. The van der Waals surface area contributed by atoms with Gasteiger partial charge in [-0.25, -0.2) is 0 Å². The van der Waals surface area contributed by atoms with Gasteiger partial charge in [-0.1, -0.05) is 18.2 Å². The Labute approximate surface area is 142 Å². The zero-order valence-electron chi connectivity index (χ0n) is 13.4. The summed E-state index contributed by atoms with van der Waals surface area (Å²) in [5, 5.41) is 9.32. The molecule has 0 spiro atoms. The fourth-order valence-corrected chi connectivity index (χ4v) is 3.19. The van der Waals surface area contributed by atoms with Crippen LogP contribution >= 0.6 is 0 Å². The van der Waals surface area contributed by atoms with Gasteiger partial charge in [0.2, 0.25) is 0 Å². The van der Waals surface area contributed by atoms with Gasteiger partial charge in [-0.05, 0) is 36.6 Å². The highest BCUT2D eigenvalue weighted by atomic mass is 16.5. The van der Waals surface area contributed by atoms with Gasteiger partial charge in [-0.2, -0.15) is 5.26 Å². The van der Waals surface area contributed by atoms with Crippen LogP contribution < -0.4 is 15.9 Å². The van der Waals surface area contributed by atoms with Gasteiger partial charge in [0, 0.05) is 6.20 Å². The zero-order chi connectivity index (χ0) is 17.4. The number of hydrogen-bond donors (Lipinski definition) is 1. The number of aromatic amines is 1. The van der Waals surface area contributed by atoms with E-state index in [2.05, 4.69) is 4.98 Å². The van der Waals surface area contributed by atoms with Gasteiger partial charge in [0.05, 0.1) is 17.4 Å². The molecule has 124 valence electrons. The summed E-state index contributed by atoms with van der Waals surface area (Å²) >= 11 is 0. The Bertz CT molecular complexity index is 1120. The second-order valence-corrected chi connectivity index (χ2v) is 6.11. The highest BCUT2D eigenvalue weighted by molar-refractivity contribution is 5.78. The number of benzene rings is 1. The smallest absolute Gasteiger partial charge is 0.266 e. The van der Waals surface area contributed by atoms with Crippen LogP contribution in [-0.4, -0.2) is 15.7 Å². The molecule has 3 aromatic rings. The van der Waals surface area contributed by atoms with E-state index in [0.717, 1.165) is 18.6 Å². The SMILES string of the molecule is N#Cc1cc2c(=O)n(C[C@H]3CCc4ccccc4O3)ccc2[nH]c1=O. The van der Waals surface area contributed by atoms with Crippen molar-refractivity contribution in [3.05, 3.63) is 74.4 Å². The van der Waals surface area contributed by atoms with Crippen LogP contribution in [0.3, 0.4) is 0 Å². The van der Waals surface area contributed by atoms with Crippen molar-refractivity contribution in [2.24, 2.45) is 0 Å². The van der Waals surface area contributed by atoms with Gasteiger partial charge in [0.15, 0.2) is 0 Å². The molecule has 1 aromatic carbocycles. The first-order chi connectivity index (χ1) is 12.2. The summed E-state index contributed by atoms with van der Waals surface area (Å²) in [4.78, 5) is 27.0. The van der Waals surface area contributed by atoms with E-state index >= 15 is 0 Å². The summed E-state index contributed by atoms with van der Waals surface area (Å²) < 4.78 is 7.57. The number of aryl methyl sites for hydroxylation is 1. The van der Waals surface area contributed by atoms with Crippen molar-refractivity contribution in [1.82, 2.24) is 9.55 Å². The largest absolute Gasteiger partial charge is 0.488 e. The lowest BCUT2D eigenvalue weighted by molar-refractivity contribution is 0.153. The highest BCUT2D eigenvalue weighted by Crippen LogP contribution is 2.27. The molecule has 1 aliphatic rings. The Kier molecular flexibility index (Phi) is 3.62. The molecule has 3 heterocycles. The number of ether oxygens (including phenoxy) is 1. The molecule has 6 nitrogen and oxygen atoms in total. The van der Waals surface area contributed by atoms with Crippen LogP contribution in [0.2, 0.25) is 0 Å². The first-order valence-corrected chi connectivity index (χ1v) is 8.07. The third kappa shape index (κ3) is 2.70. The zero-order valence-corrected chi connectivity index (χ0v) is 13.4. The summed E-state index contributed by atoms with van der Waals surface area (Å²) in [7, 11) is 0. The Balaban J connectivity index is 1.68. The van der Waals surface area contributed by atoms with Gasteiger partial charge in [0.25, 0.3) is 11.1 Å². The average Bonchev–Trinajstić information content (AvgIpc) is 2.64. The van der Waals surface area contributed by atoms with E-state index in [0.29, 0.717) is 17.4 Å². The van der Waals surface area contributed by atoms with E-state index in [1.807, 2.05) is 30.3 Å². The normalized spacial score (nSPS) is 16.0. The summed E-state index contributed by atoms with van der Waals surface area (Å²) in [6.07, 6.45) is 3.30. The van der Waals surface area contributed by atoms with Crippen LogP contribution in [-0.2, 0) is 13.0 Å². The molecule has 0 fully saturated rings. The molecular weight excluding hydrogens is 318 g/mol. The maximum absolute atomic E-state index is 12.7.